The van der Waals surface area contributed by atoms with Gasteiger partial charge in [-0.25, -0.2) is 4.98 Å². The third-order valence-corrected chi connectivity index (χ3v) is 2.32. The Morgan fingerprint density at radius 2 is 2.00 bits per heavy atom. The number of aromatic nitrogens is 3. The van der Waals surface area contributed by atoms with Crippen LogP contribution in [0.2, 0.25) is 0 Å². The van der Waals surface area contributed by atoms with Gasteiger partial charge in [-0.05, 0) is 13.0 Å². The SMILES string of the molecule is CCOc1ccc2[nH]c(C(C)(C)C)nc2n1. The largest absolute Gasteiger partial charge is 0.478 e. The quantitative estimate of drug-likeness (QED) is 0.844. The van der Waals surface area contributed by atoms with Gasteiger partial charge in [0, 0.05) is 11.5 Å². The van der Waals surface area contributed by atoms with Crippen molar-refractivity contribution in [3.63, 3.8) is 0 Å². The Labute approximate surface area is 95.1 Å². The Kier molecular flexibility index (Phi) is 2.58. The summed E-state index contributed by atoms with van der Waals surface area (Å²) >= 11 is 0. The summed E-state index contributed by atoms with van der Waals surface area (Å²) in [6, 6.07) is 3.81. The lowest BCUT2D eigenvalue weighted by molar-refractivity contribution is 0.328. The number of fused-ring (bicyclic) bond motifs is 1. The van der Waals surface area contributed by atoms with E-state index >= 15 is 0 Å². The summed E-state index contributed by atoms with van der Waals surface area (Å²) in [5.41, 5.74) is 1.68. The van der Waals surface area contributed by atoms with Crippen LogP contribution in [0.4, 0.5) is 0 Å². The summed E-state index contributed by atoms with van der Waals surface area (Å²) in [5.74, 6) is 1.57. The molecule has 0 aromatic carbocycles. The predicted molar refractivity (Wildman–Crippen MR) is 63.8 cm³/mol. The second-order valence-corrected chi connectivity index (χ2v) is 4.79. The van der Waals surface area contributed by atoms with Gasteiger partial charge in [-0.2, -0.15) is 4.98 Å². The van der Waals surface area contributed by atoms with Crippen molar-refractivity contribution in [1.82, 2.24) is 15.0 Å². The highest BCUT2D eigenvalue weighted by atomic mass is 16.5. The summed E-state index contributed by atoms with van der Waals surface area (Å²) in [6.45, 7) is 8.92. The summed E-state index contributed by atoms with van der Waals surface area (Å²) in [5, 5.41) is 0. The van der Waals surface area contributed by atoms with Gasteiger partial charge in [0.05, 0.1) is 12.1 Å². The van der Waals surface area contributed by atoms with Crippen molar-refractivity contribution in [1.29, 1.82) is 0 Å². The third-order valence-electron chi connectivity index (χ3n) is 2.32. The number of hydrogen-bond donors (Lipinski definition) is 1. The van der Waals surface area contributed by atoms with Gasteiger partial charge < -0.3 is 9.72 Å². The van der Waals surface area contributed by atoms with Crippen LogP contribution >= 0.6 is 0 Å². The highest BCUT2D eigenvalue weighted by Gasteiger charge is 2.18. The van der Waals surface area contributed by atoms with E-state index in [1.807, 2.05) is 19.1 Å². The Morgan fingerprint density at radius 1 is 1.25 bits per heavy atom. The normalized spacial score (nSPS) is 12.0. The van der Waals surface area contributed by atoms with E-state index in [0.29, 0.717) is 12.5 Å². The molecule has 1 N–H and O–H groups in total. The van der Waals surface area contributed by atoms with Crippen LogP contribution < -0.4 is 4.74 Å². The number of rotatable bonds is 2. The highest BCUT2D eigenvalue weighted by molar-refractivity contribution is 5.71. The predicted octanol–water partition coefficient (Wildman–Crippen LogP) is 2.65. The van der Waals surface area contributed by atoms with Crippen LogP contribution in [0.15, 0.2) is 12.1 Å². The molecule has 0 radical (unpaired) electrons. The van der Waals surface area contributed by atoms with E-state index in [9.17, 15) is 0 Å². The summed E-state index contributed by atoms with van der Waals surface area (Å²) in [4.78, 5) is 12.1. The Bertz CT molecular complexity index is 496. The second kappa shape index (κ2) is 3.77. The van der Waals surface area contributed by atoms with Crippen molar-refractivity contribution in [3.8, 4) is 5.88 Å². The van der Waals surface area contributed by atoms with E-state index in [1.165, 1.54) is 0 Å². The maximum absolute atomic E-state index is 5.34. The minimum absolute atomic E-state index is 0.00643. The molecule has 2 aromatic heterocycles. The zero-order valence-corrected chi connectivity index (χ0v) is 10.2. The molecule has 4 nitrogen and oxygen atoms in total. The number of H-pyrrole nitrogens is 1. The minimum Gasteiger partial charge on any atom is -0.478 e. The molecule has 0 unspecified atom stereocenters. The molecule has 0 aliphatic rings. The zero-order valence-electron chi connectivity index (χ0n) is 10.2. The van der Waals surface area contributed by atoms with Crippen molar-refractivity contribution in [2.45, 2.75) is 33.1 Å². The van der Waals surface area contributed by atoms with Gasteiger partial charge in [-0.15, -0.1) is 0 Å². The van der Waals surface area contributed by atoms with Crippen molar-refractivity contribution < 1.29 is 4.74 Å². The van der Waals surface area contributed by atoms with E-state index in [1.54, 1.807) is 0 Å². The van der Waals surface area contributed by atoms with Crippen LogP contribution in [0.3, 0.4) is 0 Å². The molecule has 2 heterocycles. The van der Waals surface area contributed by atoms with Gasteiger partial charge in [0.15, 0.2) is 5.65 Å². The van der Waals surface area contributed by atoms with Crippen molar-refractivity contribution in [2.24, 2.45) is 0 Å². The van der Waals surface area contributed by atoms with E-state index in [0.717, 1.165) is 17.0 Å². The average Bonchev–Trinajstić information content (AvgIpc) is 2.60. The Hall–Kier alpha value is -1.58. The molecule has 0 saturated heterocycles. The van der Waals surface area contributed by atoms with Crippen LogP contribution in [0.5, 0.6) is 5.88 Å². The van der Waals surface area contributed by atoms with Gasteiger partial charge in [0.1, 0.15) is 5.82 Å². The summed E-state index contributed by atoms with van der Waals surface area (Å²) < 4.78 is 5.34. The van der Waals surface area contributed by atoms with Crippen molar-refractivity contribution in [2.75, 3.05) is 6.61 Å². The molecule has 0 aliphatic heterocycles. The fourth-order valence-electron chi connectivity index (χ4n) is 1.46. The van der Waals surface area contributed by atoms with E-state index < -0.39 is 0 Å². The van der Waals surface area contributed by atoms with Crippen LogP contribution in [0.25, 0.3) is 11.2 Å². The van der Waals surface area contributed by atoms with Gasteiger partial charge in [-0.3, -0.25) is 0 Å². The molecule has 0 amide bonds. The lowest BCUT2D eigenvalue weighted by Crippen LogP contribution is -2.12. The van der Waals surface area contributed by atoms with E-state index in [-0.39, 0.29) is 5.41 Å². The van der Waals surface area contributed by atoms with Crippen molar-refractivity contribution in [3.05, 3.63) is 18.0 Å². The molecule has 0 saturated carbocycles. The molecule has 0 atom stereocenters. The number of hydrogen-bond acceptors (Lipinski definition) is 3. The minimum atomic E-state index is 0.00643. The standard InChI is InChI=1S/C12H17N3O/c1-5-16-9-7-6-8-10(14-9)15-11(13-8)12(2,3)4/h6-7H,5H2,1-4H3,(H,13,14,15). The number of nitrogens with one attached hydrogen (secondary N) is 1. The molecule has 4 heteroatoms. The van der Waals surface area contributed by atoms with Crippen LogP contribution in [-0.2, 0) is 5.41 Å². The monoisotopic (exact) mass is 219 g/mol. The van der Waals surface area contributed by atoms with Gasteiger partial charge >= 0.3 is 0 Å². The van der Waals surface area contributed by atoms with Gasteiger partial charge in [0.25, 0.3) is 0 Å². The molecule has 0 bridgehead atoms. The molecular weight excluding hydrogens is 202 g/mol. The first-order valence-electron chi connectivity index (χ1n) is 5.51. The first kappa shape index (κ1) is 10.9. The summed E-state index contributed by atoms with van der Waals surface area (Å²) in [7, 11) is 0. The summed E-state index contributed by atoms with van der Waals surface area (Å²) in [6.07, 6.45) is 0. The third kappa shape index (κ3) is 2.01. The molecule has 16 heavy (non-hydrogen) atoms. The molecule has 0 spiro atoms. The molecule has 2 rings (SSSR count). The van der Waals surface area contributed by atoms with Gasteiger partial charge in [-0.1, -0.05) is 20.8 Å². The second-order valence-electron chi connectivity index (χ2n) is 4.79. The molecule has 0 aliphatic carbocycles. The molecule has 2 aromatic rings. The Morgan fingerprint density at radius 3 is 2.62 bits per heavy atom. The lowest BCUT2D eigenvalue weighted by atomic mass is 9.96. The topological polar surface area (TPSA) is 50.8 Å². The highest BCUT2D eigenvalue weighted by Crippen LogP contribution is 2.22. The van der Waals surface area contributed by atoms with Crippen molar-refractivity contribution >= 4 is 11.2 Å². The number of nitrogens with zero attached hydrogens (tertiary/aromatic N) is 2. The lowest BCUT2D eigenvalue weighted by Gasteiger charge is -2.13. The maximum atomic E-state index is 5.34. The van der Waals surface area contributed by atoms with Crippen LogP contribution in [0.1, 0.15) is 33.5 Å². The maximum Gasteiger partial charge on any atom is 0.215 e. The first-order valence-corrected chi connectivity index (χ1v) is 5.51. The van der Waals surface area contributed by atoms with Gasteiger partial charge in [0.2, 0.25) is 5.88 Å². The fourth-order valence-corrected chi connectivity index (χ4v) is 1.46. The molecule has 86 valence electrons. The Balaban J connectivity index is 2.46. The smallest absolute Gasteiger partial charge is 0.215 e. The number of ether oxygens (including phenoxy) is 1. The number of imidazole rings is 1. The average molecular weight is 219 g/mol. The van der Waals surface area contributed by atoms with E-state index in [4.69, 9.17) is 4.74 Å². The number of pyridine rings is 1. The van der Waals surface area contributed by atoms with Crippen LogP contribution in [0, 0.1) is 0 Å². The fraction of sp³-hybridized carbons (Fsp3) is 0.500. The zero-order chi connectivity index (χ0) is 11.8. The molecular formula is C12H17N3O. The van der Waals surface area contributed by atoms with E-state index in [2.05, 4.69) is 35.7 Å². The number of aromatic amines is 1. The van der Waals surface area contributed by atoms with Crippen LogP contribution in [-0.4, -0.2) is 21.6 Å². The first-order chi connectivity index (χ1) is 7.50. The molecule has 0 fully saturated rings.